The van der Waals surface area contributed by atoms with E-state index in [4.69, 9.17) is 11.5 Å². The number of benzene rings is 1. The molecule has 0 aliphatic rings. The molecule has 0 fully saturated rings. The second-order valence-electron chi connectivity index (χ2n) is 4.96. The van der Waals surface area contributed by atoms with Crippen molar-refractivity contribution in [2.75, 3.05) is 13.1 Å². The highest BCUT2D eigenvalue weighted by molar-refractivity contribution is 5.92. The Morgan fingerprint density at radius 2 is 1.79 bits per heavy atom. The first-order valence-corrected chi connectivity index (χ1v) is 7.68. The fraction of sp³-hybridized carbons (Fsp3) is 0.167. The van der Waals surface area contributed by atoms with E-state index in [0.717, 1.165) is 16.6 Å². The Hall–Kier alpha value is -2.83. The second kappa shape index (κ2) is 9.34. The summed E-state index contributed by atoms with van der Waals surface area (Å²) in [5.41, 5.74) is 13.1. The summed E-state index contributed by atoms with van der Waals surface area (Å²) in [5.74, 6) is -0.180. The van der Waals surface area contributed by atoms with Gasteiger partial charge in [-0.2, -0.15) is 0 Å². The molecule has 2 heterocycles. The average Bonchev–Trinajstić information content (AvgIpc) is 2.67. The fourth-order valence-electron chi connectivity index (χ4n) is 2.00. The molecule has 3 aromatic rings. The molecule has 0 unspecified atom stereocenters. The Labute approximate surface area is 140 Å². The van der Waals surface area contributed by atoms with E-state index >= 15 is 0 Å². The highest BCUT2D eigenvalue weighted by atomic mass is 16.1. The largest absolute Gasteiger partial charge is 0.349 e. The molecule has 2 aromatic heterocycles. The van der Waals surface area contributed by atoms with Gasteiger partial charge in [0.05, 0.1) is 11.2 Å². The predicted octanol–water partition coefficient (Wildman–Crippen LogP) is 1.46. The first-order valence-electron chi connectivity index (χ1n) is 7.68. The van der Waals surface area contributed by atoms with Crippen LogP contribution in [0.2, 0.25) is 0 Å². The minimum absolute atomic E-state index is 0.180. The van der Waals surface area contributed by atoms with Crippen molar-refractivity contribution >= 4 is 16.8 Å². The summed E-state index contributed by atoms with van der Waals surface area (Å²) in [7, 11) is 0. The van der Waals surface area contributed by atoms with Gasteiger partial charge in [0.1, 0.15) is 5.69 Å². The van der Waals surface area contributed by atoms with Gasteiger partial charge in [0.15, 0.2) is 0 Å². The zero-order valence-corrected chi connectivity index (χ0v) is 13.4. The van der Waals surface area contributed by atoms with Crippen LogP contribution in [-0.2, 0) is 6.54 Å². The van der Waals surface area contributed by atoms with Gasteiger partial charge in [-0.05, 0) is 24.3 Å². The van der Waals surface area contributed by atoms with Crippen LogP contribution in [-0.4, -0.2) is 29.0 Å². The number of nitrogens with zero attached hydrogens (tertiary/aromatic N) is 2. The molecule has 1 amide bonds. The lowest BCUT2D eigenvalue weighted by molar-refractivity contribution is 0.0950. The molecular weight excluding hydrogens is 302 g/mol. The van der Waals surface area contributed by atoms with Gasteiger partial charge in [-0.1, -0.05) is 30.3 Å². The van der Waals surface area contributed by atoms with Gasteiger partial charge in [0, 0.05) is 31.2 Å². The molecule has 0 bridgehead atoms. The van der Waals surface area contributed by atoms with Crippen LogP contribution in [0.4, 0.5) is 0 Å². The molecule has 0 saturated carbocycles. The summed E-state index contributed by atoms with van der Waals surface area (Å²) < 4.78 is 0. The van der Waals surface area contributed by atoms with E-state index in [0.29, 0.717) is 25.3 Å². The minimum atomic E-state index is -0.180. The highest BCUT2D eigenvalue weighted by Crippen LogP contribution is 2.10. The monoisotopic (exact) mass is 323 g/mol. The molecule has 0 atom stereocenters. The van der Waals surface area contributed by atoms with Gasteiger partial charge in [0.25, 0.3) is 5.91 Å². The third-order valence-electron chi connectivity index (χ3n) is 3.19. The normalized spacial score (nSPS) is 9.92. The van der Waals surface area contributed by atoms with E-state index in [1.807, 2.05) is 36.4 Å². The number of para-hydroxylation sites is 1. The molecule has 124 valence electrons. The number of carbonyl (C=O) groups excluding carboxylic acids is 1. The number of amides is 1. The third kappa shape index (κ3) is 5.12. The first kappa shape index (κ1) is 17.5. The molecule has 0 aliphatic carbocycles. The summed E-state index contributed by atoms with van der Waals surface area (Å²) in [5, 5.41) is 3.78. The number of hydrogen-bond acceptors (Lipinski definition) is 5. The van der Waals surface area contributed by atoms with Gasteiger partial charge < -0.3 is 16.8 Å². The number of nitrogens with two attached hydrogens (primary N) is 2. The SMILES string of the molecule is NCCNC(=O)c1ccccn1.NCc1ccc2ccccc2n1. The predicted molar refractivity (Wildman–Crippen MR) is 95.3 cm³/mol. The van der Waals surface area contributed by atoms with E-state index in [2.05, 4.69) is 15.3 Å². The Balaban J connectivity index is 0.000000174. The molecule has 0 saturated heterocycles. The number of rotatable bonds is 4. The van der Waals surface area contributed by atoms with Crippen molar-refractivity contribution in [2.45, 2.75) is 6.54 Å². The Morgan fingerprint density at radius 1 is 1.00 bits per heavy atom. The maximum absolute atomic E-state index is 11.2. The molecule has 6 nitrogen and oxygen atoms in total. The molecule has 1 aromatic carbocycles. The molecule has 5 N–H and O–H groups in total. The van der Waals surface area contributed by atoms with Crippen molar-refractivity contribution in [3.05, 3.63) is 72.2 Å². The number of nitrogens with one attached hydrogen (secondary N) is 1. The zero-order valence-electron chi connectivity index (χ0n) is 13.4. The third-order valence-corrected chi connectivity index (χ3v) is 3.19. The molecule has 6 heteroatoms. The van der Waals surface area contributed by atoms with E-state index in [9.17, 15) is 4.79 Å². The maximum Gasteiger partial charge on any atom is 0.269 e. The lowest BCUT2D eigenvalue weighted by Gasteiger charge is -2.00. The van der Waals surface area contributed by atoms with Gasteiger partial charge in [-0.25, -0.2) is 0 Å². The fourth-order valence-corrected chi connectivity index (χ4v) is 2.00. The first-order chi connectivity index (χ1) is 11.7. The minimum Gasteiger partial charge on any atom is -0.349 e. The van der Waals surface area contributed by atoms with Crippen LogP contribution in [0.1, 0.15) is 16.2 Å². The van der Waals surface area contributed by atoms with Crippen LogP contribution >= 0.6 is 0 Å². The van der Waals surface area contributed by atoms with Crippen molar-refractivity contribution < 1.29 is 4.79 Å². The van der Waals surface area contributed by atoms with Crippen LogP contribution < -0.4 is 16.8 Å². The Morgan fingerprint density at radius 3 is 2.50 bits per heavy atom. The van der Waals surface area contributed by atoms with Crippen LogP contribution in [0.3, 0.4) is 0 Å². The number of hydrogen-bond donors (Lipinski definition) is 3. The van der Waals surface area contributed by atoms with Crippen molar-refractivity contribution in [1.82, 2.24) is 15.3 Å². The van der Waals surface area contributed by atoms with Gasteiger partial charge >= 0.3 is 0 Å². The molecule has 24 heavy (non-hydrogen) atoms. The summed E-state index contributed by atoms with van der Waals surface area (Å²) in [6, 6.07) is 17.2. The Kier molecular flexibility index (Phi) is 6.82. The number of fused-ring (bicyclic) bond motifs is 1. The topological polar surface area (TPSA) is 107 Å². The molecular formula is C18H21N5O. The lowest BCUT2D eigenvalue weighted by atomic mass is 10.2. The molecule has 0 aliphatic heterocycles. The van der Waals surface area contributed by atoms with E-state index in [1.54, 1.807) is 24.4 Å². The van der Waals surface area contributed by atoms with E-state index < -0.39 is 0 Å². The summed E-state index contributed by atoms with van der Waals surface area (Å²) in [4.78, 5) is 19.4. The summed E-state index contributed by atoms with van der Waals surface area (Å²) >= 11 is 0. The van der Waals surface area contributed by atoms with Crippen LogP contribution in [0.25, 0.3) is 10.9 Å². The standard InChI is InChI=1S/C10H10N2.C8H11N3O/c11-7-9-6-5-8-3-1-2-4-10(8)12-9;9-4-6-11-8(12)7-3-1-2-5-10-7/h1-6H,7,11H2;1-3,5H,4,6,9H2,(H,11,12). The number of pyridine rings is 2. The zero-order chi connectivity index (χ0) is 17.2. The molecule has 3 rings (SSSR count). The molecule has 0 radical (unpaired) electrons. The summed E-state index contributed by atoms with van der Waals surface area (Å²) in [6.07, 6.45) is 1.58. The molecule has 0 spiro atoms. The Bertz CT molecular complexity index is 776. The van der Waals surface area contributed by atoms with Crippen molar-refractivity contribution in [2.24, 2.45) is 11.5 Å². The summed E-state index contributed by atoms with van der Waals surface area (Å²) in [6.45, 7) is 1.43. The average molecular weight is 323 g/mol. The van der Waals surface area contributed by atoms with Crippen LogP contribution in [0, 0.1) is 0 Å². The van der Waals surface area contributed by atoms with E-state index in [1.165, 1.54) is 0 Å². The number of carbonyl (C=O) groups is 1. The van der Waals surface area contributed by atoms with Crippen molar-refractivity contribution in [3.63, 3.8) is 0 Å². The van der Waals surface area contributed by atoms with Crippen LogP contribution in [0.5, 0.6) is 0 Å². The maximum atomic E-state index is 11.2. The van der Waals surface area contributed by atoms with Crippen molar-refractivity contribution in [3.8, 4) is 0 Å². The lowest BCUT2D eigenvalue weighted by Crippen LogP contribution is -2.29. The quantitative estimate of drug-likeness (QED) is 0.674. The smallest absolute Gasteiger partial charge is 0.269 e. The second-order valence-corrected chi connectivity index (χ2v) is 4.96. The van der Waals surface area contributed by atoms with Gasteiger partial charge in [-0.3, -0.25) is 14.8 Å². The number of aromatic nitrogens is 2. The highest BCUT2D eigenvalue weighted by Gasteiger charge is 2.02. The van der Waals surface area contributed by atoms with Gasteiger partial charge in [-0.15, -0.1) is 0 Å². The van der Waals surface area contributed by atoms with Gasteiger partial charge in [0.2, 0.25) is 0 Å². The van der Waals surface area contributed by atoms with Crippen LogP contribution in [0.15, 0.2) is 60.8 Å². The van der Waals surface area contributed by atoms with Crippen molar-refractivity contribution in [1.29, 1.82) is 0 Å². The van der Waals surface area contributed by atoms with E-state index in [-0.39, 0.29) is 5.91 Å².